The van der Waals surface area contributed by atoms with Gasteiger partial charge in [-0.15, -0.1) is 0 Å². The van der Waals surface area contributed by atoms with E-state index in [0.717, 1.165) is 32.9 Å². The van der Waals surface area contributed by atoms with E-state index in [1.165, 1.54) is 0 Å². The van der Waals surface area contributed by atoms with E-state index in [9.17, 15) is 0 Å². The predicted molar refractivity (Wildman–Crippen MR) is 58.6 cm³/mol. The highest BCUT2D eigenvalue weighted by atomic mass is 35.5. The summed E-state index contributed by atoms with van der Waals surface area (Å²) >= 11 is 5.98. The number of rotatable bonds is 1. The Labute approximate surface area is 87.6 Å². The van der Waals surface area contributed by atoms with Crippen LogP contribution < -0.4 is 5.73 Å². The first kappa shape index (κ1) is 9.56. The molecule has 0 amide bonds. The van der Waals surface area contributed by atoms with Crippen LogP contribution in [-0.4, -0.2) is 0 Å². The van der Waals surface area contributed by atoms with Gasteiger partial charge in [0.2, 0.25) is 0 Å². The Morgan fingerprint density at radius 1 is 1.36 bits per heavy atom. The van der Waals surface area contributed by atoms with Crippen LogP contribution in [0.25, 0.3) is 11.0 Å². The van der Waals surface area contributed by atoms with Crippen molar-refractivity contribution in [1.82, 2.24) is 0 Å². The molecule has 0 saturated heterocycles. The van der Waals surface area contributed by atoms with Crippen molar-refractivity contribution in [2.24, 2.45) is 5.73 Å². The topological polar surface area (TPSA) is 39.2 Å². The van der Waals surface area contributed by atoms with Gasteiger partial charge in [-0.25, -0.2) is 0 Å². The summed E-state index contributed by atoms with van der Waals surface area (Å²) < 4.78 is 5.65. The van der Waals surface area contributed by atoms with E-state index >= 15 is 0 Å². The molecule has 0 radical (unpaired) electrons. The molecule has 0 saturated carbocycles. The summed E-state index contributed by atoms with van der Waals surface area (Å²) in [6, 6.07) is 3.81. The fourth-order valence-electron chi connectivity index (χ4n) is 1.69. The van der Waals surface area contributed by atoms with Crippen molar-refractivity contribution in [1.29, 1.82) is 0 Å². The Morgan fingerprint density at radius 3 is 2.71 bits per heavy atom. The maximum absolute atomic E-state index is 5.98. The second kappa shape index (κ2) is 3.30. The van der Waals surface area contributed by atoms with Gasteiger partial charge in [0, 0.05) is 10.4 Å². The molecular weight excluding hydrogens is 198 g/mol. The summed E-state index contributed by atoms with van der Waals surface area (Å²) in [5, 5.41) is 1.80. The molecule has 74 valence electrons. The van der Waals surface area contributed by atoms with Gasteiger partial charge in [0.25, 0.3) is 0 Å². The minimum atomic E-state index is 0.428. The lowest BCUT2D eigenvalue weighted by atomic mass is 10.1. The predicted octanol–water partition coefficient (Wildman–Crippen LogP) is 3.16. The van der Waals surface area contributed by atoms with Crippen LogP contribution in [-0.2, 0) is 6.54 Å². The zero-order valence-electron chi connectivity index (χ0n) is 8.23. The second-order valence-electron chi connectivity index (χ2n) is 3.45. The van der Waals surface area contributed by atoms with Gasteiger partial charge in [0.1, 0.15) is 11.3 Å². The van der Waals surface area contributed by atoms with Crippen LogP contribution in [0.5, 0.6) is 0 Å². The average molecular weight is 210 g/mol. The summed E-state index contributed by atoms with van der Waals surface area (Å²) in [6.07, 6.45) is 0. The molecule has 2 N–H and O–H groups in total. The van der Waals surface area contributed by atoms with E-state index in [0.29, 0.717) is 6.54 Å². The molecule has 1 aromatic carbocycles. The maximum atomic E-state index is 5.98. The van der Waals surface area contributed by atoms with Gasteiger partial charge < -0.3 is 10.2 Å². The highest BCUT2D eigenvalue weighted by molar-refractivity contribution is 6.31. The molecule has 0 aliphatic heterocycles. The van der Waals surface area contributed by atoms with E-state index in [1.54, 1.807) is 0 Å². The van der Waals surface area contributed by atoms with Crippen LogP contribution in [0.3, 0.4) is 0 Å². The molecule has 0 bridgehead atoms. The second-order valence-corrected chi connectivity index (χ2v) is 3.89. The van der Waals surface area contributed by atoms with Crippen LogP contribution in [0.2, 0.25) is 5.02 Å². The summed E-state index contributed by atoms with van der Waals surface area (Å²) in [6.45, 7) is 4.42. The van der Waals surface area contributed by atoms with Crippen LogP contribution in [0.4, 0.5) is 0 Å². The third kappa shape index (κ3) is 1.31. The van der Waals surface area contributed by atoms with Crippen LogP contribution >= 0.6 is 11.6 Å². The van der Waals surface area contributed by atoms with Crippen molar-refractivity contribution in [2.45, 2.75) is 20.4 Å². The van der Waals surface area contributed by atoms with Crippen LogP contribution in [0.15, 0.2) is 16.5 Å². The van der Waals surface area contributed by atoms with Crippen molar-refractivity contribution >= 4 is 22.6 Å². The van der Waals surface area contributed by atoms with Gasteiger partial charge in [0.15, 0.2) is 0 Å². The van der Waals surface area contributed by atoms with Gasteiger partial charge in [0.05, 0.1) is 6.54 Å². The number of aryl methyl sites for hydroxylation is 2. The summed E-state index contributed by atoms with van der Waals surface area (Å²) in [4.78, 5) is 0. The van der Waals surface area contributed by atoms with E-state index in [1.807, 2.05) is 26.0 Å². The van der Waals surface area contributed by atoms with Gasteiger partial charge in [-0.05, 0) is 37.1 Å². The van der Waals surface area contributed by atoms with Gasteiger partial charge in [-0.1, -0.05) is 11.6 Å². The number of benzene rings is 1. The van der Waals surface area contributed by atoms with E-state index in [4.69, 9.17) is 21.8 Å². The number of fused-ring (bicyclic) bond motifs is 1. The lowest BCUT2D eigenvalue weighted by molar-refractivity contribution is 0.547. The van der Waals surface area contributed by atoms with Crippen molar-refractivity contribution < 1.29 is 4.42 Å². The molecule has 14 heavy (non-hydrogen) atoms. The highest BCUT2D eigenvalue weighted by Gasteiger charge is 2.11. The number of furan rings is 1. The van der Waals surface area contributed by atoms with Gasteiger partial charge >= 0.3 is 0 Å². The minimum absolute atomic E-state index is 0.428. The first-order chi connectivity index (χ1) is 6.63. The lowest BCUT2D eigenvalue weighted by Gasteiger charge is -1.95. The third-order valence-corrected chi connectivity index (χ3v) is 2.69. The number of nitrogens with two attached hydrogens (primary N) is 1. The molecule has 0 unspecified atom stereocenters. The third-order valence-electron chi connectivity index (χ3n) is 2.47. The van der Waals surface area contributed by atoms with E-state index < -0.39 is 0 Å². The summed E-state index contributed by atoms with van der Waals surface area (Å²) in [5.41, 5.74) is 8.61. The van der Waals surface area contributed by atoms with Crippen molar-refractivity contribution in [3.63, 3.8) is 0 Å². The van der Waals surface area contributed by atoms with Crippen molar-refractivity contribution in [2.75, 3.05) is 0 Å². The van der Waals surface area contributed by atoms with Crippen LogP contribution in [0, 0.1) is 13.8 Å². The minimum Gasteiger partial charge on any atom is -0.459 e. The fraction of sp³-hybridized carbons (Fsp3) is 0.273. The molecule has 0 aliphatic rings. The van der Waals surface area contributed by atoms with Crippen LogP contribution in [0.1, 0.15) is 16.9 Å². The van der Waals surface area contributed by atoms with E-state index in [-0.39, 0.29) is 0 Å². The Balaban J connectivity index is 2.85. The smallest absolute Gasteiger partial charge is 0.137 e. The Morgan fingerprint density at radius 2 is 2.07 bits per heavy atom. The summed E-state index contributed by atoms with van der Waals surface area (Å²) in [5.74, 6) is 0.838. The fourth-order valence-corrected chi connectivity index (χ4v) is 1.96. The molecule has 2 aromatic rings. The first-order valence-electron chi connectivity index (χ1n) is 4.51. The monoisotopic (exact) mass is 209 g/mol. The maximum Gasteiger partial charge on any atom is 0.137 e. The molecule has 0 fully saturated rings. The largest absolute Gasteiger partial charge is 0.459 e. The molecular formula is C11H12ClNO. The number of halogens is 1. The molecule has 0 spiro atoms. The SMILES string of the molecule is Cc1c(CN)oc2c(C)cc(Cl)cc12. The molecule has 0 aliphatic carbocycles. The van der Waals surface area contributed by atoms with Gasteiger partial charge in [-0.3, -0.25) is 0 Å². The average Bonchev–Trinajstić information content (AvgIpc) is 2.44. The Kier molecular flexibility index (Phi) is 2.25. The summed E-state index contributed by atoms with van der Waals surface area (Å²) in [7, 11) is 0. The van der Waals surface area contributed by atoms with Gasteiger partial charge in [-0.2, -0.15) is 0 Å². The molecule has 3 heteroatoms. The van der Waals surface area contributed by atoms with Crippen molar-refractivity contribution in [3.05, 3.63) is 34.0 Å². The molecule has 2 nitrogen and oxygen atoms in total. The zero-order chi connectivity index (χ0) is 10.3. The van der Waals surface area contributed by atoms with E-state index in [2.05, 4.69) is 0 Å². The zero-order valence-corrected chi connectivity index (χ0v) is 8.98. The quantitative estimate of drug-likeness (QED) is 0.784. The number of hydrogen-bond acceptors (Lipinski definition) is 2. The molecule has 0 atom stereocenters. The number of hydrogen-bond donors (Lipinski definition) is 1. The Bertz CT molecular complexity index is 487. The first-order valence-corrected chi connectivity index (χ1v) is 4.89. The molecule has 1 heterocycles. The standard InChI is InChI=1S/C11H12ClNO/c1-6-3-8(12)4-9-7(2)10(5-13)14-11(6)9/h3-4H,5,13H2,1-2H3. The lowest BCUT2D eigenvalue weighted by Crippen LogP contribution is -1.95. The Hall–Kier alpha value is -0.990. The normalized spacial score (nSPS) is 11.1. The molecule has 1 aromatic heterocycles. The van der Waals surface area contributed by atoms with Crippen molar-refractivity contribution in [3.8, 4) is 0 Å². The highest BCUT2D eigenvalue weighted by Crippen LogP contribution is 2.30. The molecule has 2 rings (SSSR count).